The van der Waals surface area contributed by atoms with Gasteiger partial charge in [0.1, 0.15) is 12.3 Å². The monoisotopic (exact) mass is 412 g/mol. The van der Waals surface area contributed by atoms with Crippen molar-refractivity contribution in [3.63, 3.8) is 0 Å². The van der Waals surface area contributed by atoms with Gasteiger partial charge in [-0.25, -0.2) is 4.98 Å². The molecule has 3 heterocycles. The number of methoxy groups -OCH3 is 1. The fraction of sp³-hybridized carbons (Fsp3) is 0.688. The Labute approximate surface area is 165 Å². The van der Waals surface area contributed by atoms with E-state index in [1.807, 2.05) is 9.80 Å². The summed E-state index contributed by atoms with van der Waals surface area (Å²) >= 11 is 0. The van der Waals surface area contributed by atoms with Crippen molar-refractivity contribution in [2.45, 2.75) is 6.92 Å². The minimum absolute atomic E-state index is 0.0492. The Morgan fingerprint density at radius 2 is 1.79 bits per heavy atom. The highest BCUT2D eigenvalue weighted by Crippen LogP contribution is 2.31. The number of ether oxygens (including phenoxy) is 1. The van der Waals surface area contributed by atoms with Gasteiger partial charge in [0, 0.05) is 68.7 Å². The molecule has 3 rings (SSSR count). The molecule has 2 fully saturated rings. The van der Waals surface area contributed by atoms with E-state index in [2.05, 4.69) is 9.97 Å². The molecular weight excluding hydrogens is 388 g/mol. The van der Waals surface area contributed by atoms with Gasteiger partial charge in [0.25, 0.3) is 0 Å². The summed E-state index contributed by atoms with van der Waals surface area (Å²) in [7, 11) is 0.595. The molecule has 12 heteroatoms. The summed E-state index contributed by atoms with van der Waals surface area (Å²) in [5.41, 5.74) is 0.194. The summed E-state index contributed by atoms with van der Waals surface area (Å²) in [5.74, 6) is 1.57. The van der Waals surface area contributed by atoms with Crippen LogP contribution in [0.15, 0.2) is 0 Å². The number of hydrogen-bond acceptors (Lipinski definition) is 9. The minimum Gasteiger partial charge on any atom is -0.375 e. The van der Waals surface area contributed by atoms with Crippen LogP contribution in [-0.2, 0) is 20.3 Å². The van der Waals surface area contributed by atoms with Crippen LogP contribution < -0.4 is 9.80 Å². The molecule has 1 aromatic heterocycles. The number of nitro groups is 1. The summed E-state index contributed by atoms with van der Waals surface area (Å²) in [5, 5.41) is 11.6. The summed E-state index contributed by atoms with van der Waals surface area (Å²) < 4.78 is 16.5. The van der Waals surface area contributed by atoms with Crippen molar-refractivity contribution in [2.24, 2.45) is 0 Å². The third-order valence-electron chi connectivity index (χ3n) is 4.87. The van der Waals surface area contributed by atoms with Crippen LogP contribution in [0.25, 0.3) is 0 Å². The zero-order valence-corrected chi connectivity index (χ0v) is 16.8. The lowest BCUT2D eigenvalue weighted by atomic mass is 10.3. The number of piperazine rings is 1. The Bertz CT molecular complexity index is 773. The zero-order chi connectivity index (χ0) is 20.3. The van der Waals surface area contributed by atoms with Crippen LogP contribution in [0.2, 0.25) is 0 Å². The Hall–Kier alpha value is -2.34. The highest BCUT2D eigenvalue weighted by Gasteiger charge is 2.31. The fourth-order valence-electron chi connectivity index (χ4n) is 3.33. The molecule has 1 amide bonds. The summed E-state index contributed by atoms with van der Waals surface area (Å²) in [6.45, 7) is 4.68. The van der Waals surface area contributed by atoms with E-state index in [1.165, 1.54) is 7.11 Å². The molecule has 2 saturated heterocycles. The maximum atomic E-state index is 11.9. The van der Waals surface area contributed by atoms with Crippen LogP contribution >= 0.6 is 0 Å². The third kappa shape index (κ3) is 4.38. The third-order valence-corrected chi connectivity index (χ3v) is 6.15. The number of hydrogen-bond donors (Lipinski definition) is 0. The second-order valence-electron chi connectivity index (χ2n) is 6.67. The quantitative estimate of drug-likeness (QED) is 0.468. The molecule has 0 aliphatic carbocycles. The first-order valence-electron chi connectivity index (χ1n) is 9.05. The van der Waals surface area contributed by atoms with Gasteiger partial charge in [0.05, 0.1) is 4.92 Å². The smallest absolute Gasteiger partial charge is 0.332 e. The second kappa shape index (κ2) is 8.78. The lowest BCUT2D eigenvalue weighted by Gasteiger charge is -2.35. The van der Waals surface area contributed by atoms with Gasteiger partial charge in [0.15, 0.2) is 0 Å². The molecule has 0 spiro atoms. The molecule has 1 aromatic rings. The predicted molar refractivity (Wildman–Crippen MR) is 104 cm³/mol. The van der Waals surface area contributed by atoms with Crippen molar-refractivity contribution in [2.75, 3.05) is 74.3 Å². The van der Waals surface area contributed by atoms with E-state index in [9.17, 15) is 19.1 Å². The first-order valence-corrected chi connectivity index (χ1v) is 10.5. The standard InChI is InChI=1S/C16H24N6O5S/c1-12-14(22(24)25)15(20-7-9-28(26)10-8-20)18-16(17-12)21-5-3-19(4-6-21)13(23)11-27-2/h3-11H2,1-2H3. The molecule has 2 aliphatic rings. The topological polar surface area (TPSA) is 122 Å². The lowest BCUT2D eigenvalue weighted by molar-refractivity contribution is -0.385. The lowest BCUT2D eigenvalue weighted by Crippen LogP contribution is -2.50. The molecule has 28 heavy (non-hydrogen) atoms. The van der Waals surface area contributed by atoms with E-state index in [0.717, 1.165) is 0 Å². The van der Waals surface area contributed by atoms with Gasteiger partial charge in [-0.3, -0.25) is 19.1 Å². The van der Waals surface area contributed by atoms with Crippen molar-refractivity contribution < 1.29 is 18.7 Å². The van der Waals surface area contributed by atoms with Gasteiger partial charge >= 0.3 is 5.69 Å². The van der Waals surface area contributed by atoms with Gasteiger partial charge in [-0.05, 0) is 6.92 Å². The fourth-order valence-corrected chi connectivity index (χ4v) is 4.39. The van der Waals surface area contributed by atoms with E-state index in [1.54, 1.807) is 11.8 Å². The Morgan fingerprint density at radius 1 is 1.14 bits per heavy atom. The number of carbonyl (C=O) groups excluding carboxylic acids is 1. The highest BCUT2D eigenvalue weighted by atomic mass is 32.2. The van der Waals surface area contributed by atoms with E-state index in [-0.39, 0.29) is 24.0 Å². The zero-order valence-electron chi connectivity index (χ0n) is 16.0. The highest BCUT2D eigenvalue weighted by molar-refractivity contribution is 7.85. The molecule has 0 N–H and O–H groups in total. The Morgan fingerprint density at radius 3 is 2.36 bits per heavy atom. The van der Waals surface area contributed by atoms with E-state index in [0.29, 0.717) is 62.4 Å². The molecule has 0 radical (unpaired) electrons. The second-order valence-corrected chi connectivity index (χ2v) is 8.37. The molecule has 11 nitrogen and oxygen atoms in total. The van der Waals surface area contributed by atoms with E-state index >= 15 is 0 Å². The first-order chi connectivity index (χ1) is 13.4. The SMILES string of the molecule is COCC(=O)N1CCN(c2nc(C)c([N+](=O)[O-])c(N3CCS(=O)CC3)n2)CC1. The maximum absolute atomic E-state index is 11.9. The number of aryl methyl sites for hydroxylation is 1. The van der Waals surface area contributed by atoms with Gasteiger partial charge in [-0.2, -0.15) is 4.98 Å². The van der Waals surface area contributed by atoms with Crippen LogP contribution in [0.5, 0.6) is 0 Å². The minimum atomic E-state index is -0.890. The number of amides is 1. The Kier molecular flexibility index (Phi) is 6.39. The number of aromatic nitrogens is 2. The van der Waals surface area contributed by atoms with Gasteiger partial charge in [-0.1, -0.05) is 0 Å². The normalized spacial score (nSPS) is 18.4. The largest absolute Gasteiger partial charge is 0.375 e. The van der Waals surface area contributed by atoms with Crippen LogP contribution in [0.3, 0.4) is 0 Å². The molecule has 0 aromatic carbocycles. The van der Waals surface area contributed by atoms with Crippen molar-refractivity contribution in [1.82, 2.24) is 14.9 Å². The van der Waals surface area contributed by atoms with E-state index < -0.39 is 15.7 Å². The predicted octanol–water partition coefficient (Wildman–Crippen LogP) is -0.443. The number of anilines is 2. The molecule has 0 saturated carbocycles. The van der Waals surface area contributed by atoms with Gasteiger partial charge < -0.3 is 19.4 Å². The molecule has 0 unspecified atom stereocenters. The average Bonchev–Trinajstić information content (AvgIpc) is 2.68. The molecular formula is C16H24N6O5S. The van der Waals surface area contributed by atoms with Crippen LogP contribution in [-0.4, -0.2) is 94.4 Å². The van der Waals surface area contributed by atoms with Gasteiger partial charge in [0.2, 0.25) is 17.7 Å². The number of nitrogens with zero attached hydrogens (tertiary/aromatic N) is 6. The summed E-state index contributed by atoms with van der Waals surface area (Å²) in [6.07, 6.45) is 0. The summed E-state index contributed by atoms with van der Waals surface area (Å²) in [4.78, 5) is 37.4. The van der Waals surface area contributed by atoms with Crippen molar-refractivity contribution in [3.05, 3.63) is 15.8 Å². The molecule has 154 valence electrons. The van der Waals surface area contributed by atoms with Crippen LogP contribution in [0.1, 0.15) is 5.69 Å². The molecule has 0 bridgehead atoms. The number of rotatable bonds is 5. The summed E-state index contributed by atoms with van der Waals surface area (Å²) in [6, 6.07) is 0. The van der Waals surface area contributed by atoms with E-state index in [4.69, 9.17) is 4.74 Å². The van der Waals surface area contributed by atoms with Crippen molar-refractivity contribution in [3.8, 4) is 0 Å². The van der Waals surface area contributed by atoms with Gasteiger partial charge in [-0.15, -0.1) is 0 Å². The van der Waals surface area contributed by atoms with Crippen molar-refractivity contribution in [1.29, 1.82) is 0 Å². The van der Waals surface area contributed by atoms with Crippen molar-refractivity contribution >= 4 is 34.2 Å². The molecule has 2 aliphatic heterocycles. The average molecular weight is 412 g/mol. The maximum Gasteiger partial charge on any atom is 0.332 e. The molecule has 0 atom stereocenters. The number of carbonyl (C=O) groups is 1. The Balaban J connectivity index is 1.82. The van der Waals surface area contributed by atoms with Crippen LogP contribution in [0.4, 0.5) is 17.5 Å². The van der Waals surface area contributed by atoms with Crippen LogP contribution in [0, 0.1) is 17.0 Å². The first kappa shape index (κ1) is 20.4.